The highest BCUT2D eigenvalue weighted by molar-refractivity contribution is 7.23. The normalized spacial score (nSPS) is 18.4. The van der Waals surface area contributed by atoms with Crippen molar-refractivity contribution in [1.82, 2.24) is 19.8 Å². The first-order valence-electron chi connectivity index (χ1n) is 19.9. The zero-order chi connectivity index (χ0) is 42.6. The maximum atomic E-state index is 17.8. The van der Waals surface area contributed by atoms with E-state index in [1.54, 1.807) is 25.7 Å². The number of aromatic nitrogens is 2. The van der Waals surface area contributed by atoms with Gasteiger partial charge in [0.25, 0.3) is 0 Å². The van der Waals surface area contributed by atoms with Crippen molar-refractivity contribution >= 4 is 55.3 Å². The predicted octanol–water partition coefficient (Wildman–Crippen LogP) is 8.69. The van der Waals surface area contributed by atoms with Crippen LogP contribution >= 0.6 is 11.3 Å². The zero-order valence-electron chi connectivity index (χ0n) is 34.6. The van der Waals surface area contributed by atoms with E-state index in [9.17, 15) is 19.2 Å². The van der Waals surface area contributed by atoms with Crippen LogP contribution in [0.4, 0.5) is 33.6 Å². The topological polar surface area (TPSA) is 142 Å². The van der Waals surface area contributed by atoms with E-state index in [1.165, 1.54) is 19.1 Å². The summed E-state index contributed by atoms with van der Waals surface area (Å²) in [5.74, 6) is -1.23. The minimum Gasteiger partial charge on any atom is -0.462 e. The molecule has 2 aromatic heterocycles. The van der Waals surface area contributed by atoms with E-state index in [1.807, 2.05) is 32.6 Å². The first-order chi connectivity index (χ1) is 27.9. The molecule has 316 valence electrons. The van der Waals surface area contributed by atoms with Gasteiger partial charge < -0.3 is 28.7 Å². The molecular weight excluding hydrogens is 788 g/mol. The van der Waals surface area contributed by atoms with Gasteiger partial charge in [-0.05, 0) is 91.1 Å². The van der Waals surface area contributed by atoms with E-state index < -0.39 is 41.2 Å². The molecule has 2 amide bonds. The van der Waals surface area contributed by atoms with Crippen LogP contribution in [-0.2, 0) is 27.4 Å². The first-order valence-corrected chi connectivity index (χ1v) is 20.7. The molecular formula is C42H50F3N7O6S. The number of anilines is 2. The fourth-order valence-electron chi connectivity index (χ4n) is 8.23. The number of nitrogens with one attached hydrogen (secondary N) is 1. The molecule has 59 heavy (non-hydrogen) atoms. The van der Waals surface area contributed by atoms with E-state index in [-0.39, 0.29) is 77.1 Å². The average molecular weight is 838 g/mol. The molecule has 2 fully saturated rings. The third-order valence-electron chi connectivity index (χ3n) is 10.5. The number of alkyl halides is 1. The Bertz CT molecular complexity index is 2320. The molecule has 2 aromatic carbocycles. The van der Waals surface area contributed by atoms with E-state index in [2.05, 4.69) is 21.3 Å². The first kappa shape index (κ1) is 42.2. The number of fused-ring (bicyclic) bond motifs is 6. The fourth-order valence-corrected chi connectivity index (χ4v) is 9.28. The lowest BCUT2D eigenvalue weighted by atomic mass is 9.90. The number of hydrogen-bond acceptors (Lipinski definition) is 12. The molecule has 2 unspecified atom stereocenters. The second kappa shape index (κ2) is 16.3. The van der Waals surface area contributed by atoms with Gasteiger partial charge in [0.15, 0.2) is 5.82 Å². The lowest BCUT2D eigenvalue weighted by Gasteiger charge is -2.42. The van der Waals surface area contributed by atoms with Crippen LogP contribution in [0, 0.1) is 23.0 Å². The zero-order valence-corrected chi connectivity index (χ0v) is 35.4. The van der Waals surface area contributed by atoms with Crippen LogP contribution < -0.4 is 15.0 Å². The van der Waals surface area contributed by atoms with Crippen LogP contribution in [0.3, 0.4) is 0 Å². The Kier molecular flexibility index (Phi) is 11.6. The van der Waals surface area contributed by atoms with Gasteiger partial charge in [-0.1, -0.05) is 6.92 Å². The highest BCUT2D eigenvalue weighted by atomic mass is 32.1. The number of amides is 2. The number of piperazine rings is 1. The number of nitrogens with zero attached hydrogens (tertiary/aromatic N) is 6. The molecule has 1 N–H and O–H groups in total. The molecule has 4 aromatic rings. The average Bonchev–Trinajstić information content (AvgIpc) is 3.83. The summed E-state index contributed by atoms with van der Waals surface area (Å²) in [6.45, 7) is 15.9. The van der Waals surface area contributed by atoms with Gasteiger partial charge >= 0.3 is 18.2 Å². The Morgan fingerprint density at radius 3 is 2.34 bits per heavy atom. The molecule has 3 atom stereocenters. The summed E-state index contributed by atoms with van der Waals surface area (Å²) >= 11 is 1.04. The van der Waals surface area contributed by atoms with Gasteiger partial charge in [0.05, 0.1) is 24.2 Å². The number of ether oxygens (including phenoxy) is 4. The Labute approximate surface area is 345 Å². The number of likely N-dealkylation sites (tertiary alicyclic amines) is 1. The third-order valence-corrected chi connectivity index (χ3v) is 11.6. The smallest absolute Gasteiger partial charge is 0.412 e. The molecule has 7 rings (SSSR count). The molecule has 5 heterocycles. The lowest BCUT2D eigenvalue weighted by molar-refractivity contribution is 0.0209. The standard InChI is InChI=1S/C42H50F3N7O6S/c1-9-50(17-22(2)43)14-15-56-38-47-35-32(36(48-38)52-23-10-11-24(52)19-51(18-23)40(54)58-42(6,7)8)27-21-55-20-26(27)31(34(35)45)33-28(44)12-13-29-30(33)25(16-46)37(59-29)49-39(53)57-41(3,4)5/h12-13,22-24H,9-11,14-15,17-21H2,1-8H3,(H,49,53)/t22-,23?,24?/m0/s1. The van der Waals surface area contributed by atoms with Crippen LogP contribution in [0.25, 0.3) is 32.1 Å². The number of benzene rings is 2. The maximum Gasteiger partial charge on any atom is 0.412 e. The molecule has 0 aliphatic carbocycles. The summed E-state index contributed by atoms with van der Waals surface area (Å²) < 4.78 is 71.8. The quantitative estimate of drug-likeness (QED) is 0.164. The van der Waals surface area contributed by atoms with Gasteiger partial charge in [-0.3, -0.25) is 10.2 Å². The molecule has 17 heteroatoms. The van der Waals surface area contributed by atoms with Gasteiger partial charge in [0.2, 0.25) is 0 Å². The van der Waals surface area contributed by atoms with Crippen LogP contribution in [0.5, 0.6) is 6.01 Å². The summed E-state index contributed by atoms with van der Waals surface area (Å²) in [7, 11) is 0. The van der Waals surface area contributed by atoms with Crippen molar-refractivity contribution in [1.29, 1.82) is 5.26 Å². The minimum absolute atomic E-state index is 0.0487. The van der Waals surface area contributed by atoms with Crippen molar-refractivity contribution in [2.24, 2.45) is 0 Å². The summed E-state index contributed by atoms with van der Waals surface area (Å²) in [4.78, 5) is 41.3. The Hall–Kier alpha value is -4.92. The Morgan fingerprint density at radius 2 is 1.71 bits per heavy atom. The van der Waals surface area contributed by atoms with Gasteiger partial charge in [0.1, 0.15) is 52.2 Å². The molecule has 0 spiro atoms. The largest absolute Gasteiger partial charge is 0.462 e. The second-order valence-corrected chi connectivity index (χ2v) is 18.3. The van der Waals surface area contributed by atoms with E-state index >= 15 is 8.78 Å². The number of nitriles is 1. The van der Waals surface area contributed by atoms with E-state index in [4.69, 9.17) is 23.9 Å². The van der Waals surface area contributed by atoms with Crippen molar-refractivity contribution in [3.63, 3.8) is 0 Å². The molecule has 0 saturated carbocycles. The number of carbonyl (C=O) groups is 2. The fraction of sp³-hybridized carbons (Fsp3) is 0.548. The Balaban J connectivity index is 1.38. The number of likely N-dealkylation sites (N-methyl/N-ethyl adjacent to an activating group) is 1. The SMILES string of the molecule is CCN(CCOc1nc(N2C3CCC2CN(C(=O)OC(C)(C)C)C3)c2c3c(c(-c4c(F)ccc5sc(NC(=O)OC(C)(C)C)c(C#N)c45)c(F)c2n1)COC3)C[C@H](C)F. The molecule has 2 bridgehead atoms. The second-order valence-electron chi connectivity index (χ2n) is 17.2. The van der Waals surface area contributed by atoms with Crippen LogP contribution in [-0.4, -0.2) is 101 Å². The molecule has 3 aliphatic rings. The molecule has 2 saturated heterocycles. The molecule has 3 aliphatic heterocycles. The highest BCUT2D eigenvalue weighted by Gasteiger charge is 2.45. The third kappa shape index (κ3) is 8.58. The highest BCUT2D eigenvalue weighted by Crippen LogP contribution is 2.49. The summed E-state index contributed by atoms with van der Waals surface area (Å²) in [6.07, 6.45) is -0.791. The minimum atomic E-state index is -1.05. The van der Waals surface area contributed by atoms with Crippen molar-refractivity contribution in [2.45, 2.75) is 111 Å². The summed E-state index contributed by atoms with van der Waals surface area (Å²) in [5.41, 5.74) is -1.00. The van der Waals surface area contributed by atoms with Crippen LogP contribution in [0.15, 0.2) is 12.1 Å². The van der Waals surface area contributed by atoms with Crippen molar-refractivity contribution in [3.8, 4) is 23.2 Å². The lowest BCUT2D eigenvalue weighted by Crippen LogP contribution is -2.56. The number of thiophene rings is 1. The predicted molar refractivity (Wildman–Crippen MR) is 219 cm³/mol. The summed E-state index contributed by atoms with van der Waals surface area (Å²) in [6, 6.07) is 4.28. The maximum absolute atomic E-state index is 17.8. The van der Waals surface area contributed by atoms with Crippen molar-refractivity contribution in [3.05, 3.63) is 40.5 Å². The van der Waals surface area contributed by atoms with Crippen LogP contribution in [0.1, 0.15) is 84.9 Å². The van der Waals surface area contributed by atoms with Crippen molar-refractivity contribution < 1.29 is 41.7 Å². The number of hydrogen-bond donors (Lipinski definition) is 1. The van der Waals surface area contributed by atoms with Gasteiger partial charge in [-0.15, -0.1) is 11.3 Å². The van der Waals surface area contributed by atoms with Crippen LogP contribution in [0.2, 0.25) is 0 Å². The summed E-state index contributed by atoms with van der Waals surface area (Å²) in [5, 5.41) is 13.7. The molecule has 0 radical (unpaired) electrons. The van der Waals surface area contributed by atoms with Gasteiger partial charge in [-0.25, -0.2) is 22.8 Å². The van der Waals surface area contributed by atoms with E-state index in [0.717, 1.165) is 24.2 Å². The number of halogens is 3. The Morgan fingerprint density at radius 1 is 1.03 bits per heavy atom. The van der Waals surface area contributed by atoms with Crippen molar-refractivity contribution in [2.75, 3.05) is 49.5 Å². The number of rotatable bonds is 10. The molecule has 13 nitrogen and oxygen atoms in total. The number of carbonyl (C=O) groups excluding carboxylic acids is 2. The van der Waals surface area contributed by atoms with Gasteiger partial charge in [0, 0.05) is 59.5 Å². The van der Waals surface area contributed by atoms with E-state index in [0.29, 0.717) is 53.2 Å². The van der Waals surface area contributed by atoms with Gasteiger partial charge in [-0.2, -0.15) is 15.2 Å². The monoisotopic (exact) mass is 837 g/mol.